The summed E-state index contributed by atoms with van der Waals surface area (Å²) in [4.78, 5) is 1.93. The molecule has 1 aromatic carbocycles. The molecule has 1 aromatic rings. The lowest BCUT2D eigenvalue weighted by Crippen LogP contribution is -2.40. The molecule has 0 aliphatic carbocycles. The van der Waals surface area contributed by atoms with E-state index in [9.17, 15) is 8.42 Å². The molecule has 0 fully saturated rings. The molecular formula is C13H22N2O3S. The van der Waals surface area contributed by atoms with Crippen molar-refractivity contribution >= 4 is 10.0 Å². The number of hydrogen-bond acceptors (Lipinski definition) is 4. The number of likely N-dealkylation sites (N-methyl/N-ethyl adjacent to an activating group) is 1. The summed E-state index contributed by atoms with van der Waals surface area (Å²) >= 11 is 0. The Morgan fingerprint density at radius 2 is 1.74 bits per heavy atom. The normalized spacial score (nSPS) is 13.7. The van der Waals surface area contributed by atoms with Gasteiger partial charge in [-0.25, -0.2) is 13.1 Å². The second-order valence-corrected chi connectivity index (χ2v) is 6.77. The highest BCUT2D eigenvalue weighted by atomic mass is 32.2. The summed E-state index contributed by atoms with van der Waals surface area (Å²) in [5.74, 6) is -0.0452. The predicted octanol–water partition coefficient (Wildman–Crippen LogP) is 0.548. The van der Waals surface area contributed by atoms with E-state index in [4.69, 9.17) is 5.11 Å². The highest BCUT2D eigenvalue weighted by Crippen LogP contribution is 2.08. The van der Waals surface area contributed by atoms with Crippen molar-refractivity contribution in [2.45, 2.75) is 25.3 Å². The summed E-state index contributed by atoms with van der Waals surface area (Å²) < 4.78 is 26.6. The van der Waals surface area contributed by atoms with Crippen LogP contribution in [0.15, 0.2) is 24.3 Å². The molecule has 2 N–H and O–H groups in total. The van der Waals surface area contributed by atoms with Crippen molar-refractivity contribution in [2.75, 3.05) is 20.6 Å². The summed E-state index contributed by atoms with van der Waals surface area (Å²) in [6.07, 6.45) is 0. The molecule has 0 aliphatic heterocycles. The molecule has 0 saturated carbocycles. The van der Waals surface area contributed by atoms with E-state index in [1.165, 1.54) is 0 Å². The van der Waals surface area contributed by atoms with E-state index < -0.39 is 10.0 Å². The molecule has 0 aromatic heterocycles. The van der Waals surface area contributed by atoms with Gasteiger partial charge in [-0.05, 0) is 32.1 Å². The topological polar surface area (TPSA) is 69.6 Å². The largest absolute Gasteiger partial charge is 0.392 e. The Balaban J connectivity index is 2.63. The zero-order chi connectivity index (χ0) is 14.5. The maximum atomic E-state index is 12.0. The van der Waals surface area contributed by atoms with E-state index in [2.05, 4.69) is 4.72 Å². The highest BCUT2D eigenvalue weighted by Gasteiger charge is 2.15. The number of nitrogens with zero attached hydrogens (tertiary/aromatic N) is 1. The van der Waals surface area contributed by atoms with Gasteiger partial charge in [-0.3, -0.25) is 0 Å². The Morgan fingerprint density at radius 3 is 2.21 bits per heavy atom. The molecular weight excluding hydrogens is 264 g/mol. The van der Waals surface area contributed by atoms with Crippen molar-refractivity contribution in [3.05, 3.63) is 35.4 Å². The maximum Gasteiger partial charge on any atom is 0.216 e. The predicted molar refractivity (Wildman–Crippen MR) is 76.1 cm³/mol. The van der Waals surface area contributed by atoms with Crippen molar-refractivity contribution in [3.8, 4) is 0 Å². The van der Waals surface area contributed by atoms with Gasteiger partial charge < -0.3 is 10.0 Å². The van der Waals surface area contributed by atoms with Gasteiger partial charge in [0.1, 0.15) is 0 Å². The van der Waals surface area contributed by atoms with Gasteiger partial charge in [0.15, 0.2) is 0 Å². The molecule has 6 heteroatoms. The van der Waals surface area contributed by atoms with Crippen molar-refractivity contribution < 1.29 is 13.5 Å². The number of aliphatic hydroxyl groups excluding tert-OH is 1. The first-order valence-electron chi connectivity index (χ1n) is 6.16. The Hall–Kier alpha value is -0.950. The lowest BCUT2D eigenvalue weighted by Gasteiger charge is -2.18. The van der Waals surface area contributed by atoms with Crippen molar-refractivity contribution in [3.63, 3.8) is 0 Å². The van der Waals surface area contributed by atoms with E-state index >= 15 is 0 Å². The molecule has 0 heterocycles. The number of nitrogens with one attached hydrogen (secondary N) is 1. The van der Waals surface area contributed by atoms with E-state index in [-0.39, 0.29) is 18.4 Å². The second-order valence-electron chi connectivity index (χ2n) is 5.01. The van der Waals surface area contributed by atoms with Crippen LogP contribution in [0.4, 0.5) is 0 Å². The number of aliphatic hydroxyl groups is 1. The molecule has 0 amide bonds. The van der Waals surface area contributed by atoms with Crippen LogP contribution in [0.5, 0.6) is 0 Å². The Morgan fingerprint density at radius 1 is 1.21 bits per heavy atom. The first-order chi connectivity index (χ1) is 8.82. The fourth-order valence-electron chi connectivity index (χ4n) is 1.89. The molecule has 0 spiro atoms. The minimum absolute atomic E-state index is 0.0366. The molecule has 108 valence electrons. The summed E-state index contributed by atoms with van der Waals surface area (Å²) in [7, 11) is 0.464. The Kier molecular flexibility index (Phi) is 5.93. The molecule has 1 unspecified atom stereocenters. The van der Waals surface area contributed by atoms with E-state index in [1.54, 1.807) is 24.3 Å². The van der Waals surface area contributed by atoms with Gasteiger partial charge >= 0.3 is 0 Å². The van der Waals surface area contributed by atoms with Crippen LogP contribution in [0.3, 0.4) is 0 Å². The third-order valence-electron chi connectivity index (χ3n) is 2.58. The zero-order valence-electron chi connectivity index (χ0n) is 11.6. The van der Waals surface area contributed by atoms with E-state index in [0.717, 1.165) is 5.56 Å². The minimum atomic E-state index is -3.34. The number of hydrogen-bond donors (Lipinski definition) is 2. The zero-order valence-corrected chi connectivity index (χ0v) is 12.4. The van der Waals surface area contributed by atoms with Crippen LogP contribution in [-0.2, 0) is 22.4 Å². The van der Waals surface area contributed by atoms with Gasteiger partial charge in [-0.15, -0.1) is 0 Å². The molecule has 0 bridgehead atoms. The second kappa shape index (κ2) is 7.00. The van der Waals surface area contributed by atoms with Gasteiger partial charge in [-0.2, -0.15) is 0 Å². The summed E-state index contributed by atoms with van der Waals surface area (Å²) in [6.45, 7) is 2.46. The minimum Gasteiger partial charge on any atom is -0.392 e. The molecule has 1 rings (SSSR count). The summed E-state index contributed by atoms with van der Waals surface area (Å²) in [6, 6.07) is 6.78. The molecule has 5 nitrogen and oxygen atoms in total. The summed E-state index contributed by atoms with van der Waals surface area (Å²) in [5.41, 5.74) is 1.48. The van der Waals surface area contributed by atoms with Gasteiger partial charge in [0.2, 0.25) is 10.0 Å². The van der Waals surface area contributed by atoms with Crippen molar-refractivity contribution in [1.82, 2.24) is 9.62 Å². The molecule has 0 aliphatic rings. The van der Waals surface area contributed by atoms with Gasteiger partial charge in [-0.1, -0.05) is 24.3 Å². The fourth-order valence-corrected chi connectivity index (χ4v) is 3.30. The third-order valence-corrected chi connectivity index (χ3v) is 4.06. The van der Waals surface area contributed by atoms with Gasteiger partial charge in [0, 0.05) is 12.6 Å². The average molecular weight is 286 g/mol. The molecule has 19 heavy (non-hydrogen) atoms. The van der Waals surface area contributed by atoms with E-state index in [1.807, 2.05) is 25.9 Å². The van der Waals surface area contributed by atoms with Crippen LogP contribution in [0.1, 0.15) is 18.1 Å². The third kappa shape index (κ3) is 6.15. The van der Waals surface area contributed by atoms with E-state index in [0.29, 0.717) is 12.1 Å². The maximum absolute atomic E-state index is 12.0. The molecule has 0 radical (unpaired) electrons. The van der Waals surface area contributed by atoms with Crippen LogP contribution >= 0.6 is 0 Å². The fraction of sp³-hybridized carbons (Fsp3) is 0.538. The first-order valence-corrected chi connectivity index (χ1v) is 7.81. The van der Waals surface area contributed by atoms with Gasteiger partial charge in [0.05, 0.1) is 12.4 Å². The lowest BCUT2D eigenvalue weighted by atomic mass is 10.2. The Bertz CT molecular complexity index is 483. The quantitative estimate of drug-likeness (QED) is 0.768. The summed E-state index contributed by atoms with van der Waals surface area (Å²) in [5, 5.41) is 8.93. The van der Waals surface area contributed by atoms with Crippen molar-refractivity contribution in [1.29, 1.82) is 0 Å². The molecule has 0 saturated heterocycles. The van der Waals surface area contributed by atoms with Crippen LogP contribution < -0.4 is 4.72 Å². The number of benzene rings is 1. The SMILES string of the molecule is CC(CN(C)C)NS(=O)(=O)Cc1ccc(CO)cc1. The smallest absolute Gasteiger partial charge is 0.216 e. The van der Waals surface area contributed by atoms with Crippen molar-refractivity contribution in [2.24, 2.45) is 0 Å². The standard InChI is InChI=1S/C13H22N2O3S/c1-11(8-15(2)3)14-19(17,18)10-13-6-4-12(9-16)5-7-13/h4-7,11,14,16H,8-10H2,1-3H3. The van der Waals surface area contributed by atoms with Crippen LogP contribution in [0.2, 0.25) is 0 Å². The van der Waals surface area contributed by atoms with Gasteiger partial charge in [0.25, 0.3) is 0 Å². The monoisotopic (exact) mass is 286 g/mol. The van der Waals surface area contributed by atoms with Crippen LogP contribution in [-0.4, -0.2) is 45.1 Å². The lowest BCUT2D eigenvalue weighted by molar-refractivity contribution is 0.282. The Labute approximate surface area is 115 Å². The van der Waals surface area contributed by atoms with Crippen LogP contribution in [0.25, 0.3) is 0 Å². The number of rotatable bonds is 7. The highest BCUT2D eigenvalue weighted by molar-refractivity contribution is 7.88. The first kappa shape index (κ1) is 16.1. The molecule has 1 atom stereocenters. The van der Waals surface area contributed by atoms with Crippen LogP contribution in [0, 0.1) is 0 Å². The average Bonchev–Trinajstić information content (AvgIpc) is 2.27. The number of sulfonamides is 1.